The van der Waals surface area contributed by atoms with Crippen LogP contribution in [0, 0.1) is 0 Å². The van der Waals surface area contributed by atoms with Crippen molar-refractivity contribution in [1.82, 2.24) is 5.32 Å². The number of carbonyl (C=O) groups is 1. The van der Waals surface area contributed by atoms with E-state index in [2.05, 4.69) is 28.2 Å². The van der Waals surface area contributed by atoms with Crippen LogP contribution in [0.2, 0.25) is 0 Å². The van der Waals surface area contributed by atoms with Gasteiger partial charge < -0.3 is 5.32 Å². The maximum Gasteiger partial charge on any atom is 0.230 e. The Labute approximate surface area is 118 Å². The molecule has 18 heavy (non-hydrogen) atoms. The summed E-state index contributed by atoms with van der Waals surface area (Å²) in [7, 11) is 0. The van der Waals surface area contributed by atoms with Crippen LogP contribution in [-0.2, 0) is 10.2 Å². The lowest BCUT2D eigenvalue weighted by Crippen LogP contribution is -2.45. The smallest absolute Gasteiger partial charge is 0.230 e. The summed E-state index contributed by atoms with van der Waals surface area (Å²) in [6, 6.07) is 10.2. The number of halogens is 1. The average molecular weight is 312 g/mol. The van der Waals surface area contributed by atoms with E-state index < -0.39 is 5.41 Å². The van der Waals surface area contributed by atoms with E-state index in [4.69, 9.17) is 0 Å². The Morgan fingerprint density at radius 1 is 1.33 bits per heavy atom. The monoisotopic (exact) mass is 311 g/mol. The molecule has 0 aromatic heterocycles. The SMILES string of the molecule is CCC(CCBr)NC(=O)C(C)(C)c1ccccc1. The van der Waals surface area contributed by atoms with Crippen molar-refractivity contribution >= 4 is 21.8 Å². The molecule has 0 saturated carbocycles. The number of nitrogens with one attached hydrogen (secondary N) is 1. The lowest BCUT2D eigenvalue weighted by atomic mass is 9.83. The van der Waals surface area contributed by atoms with Gasteiger partial charge in [-0.15, -0.1) is 0 Å². The van der Waals surface area contributed by atoms with Crippen LogP contribution in [0.15, 0.2) is 30.3 Å². The molecule has 0 aliphatic heterocycles. The first kappa shape index (κ1) is 15.2. The lowest BCUT2D eigenvalue weighted by Gasteiger charge is -2.27. The second-order valence-electron chi connectivity index (χ2n) is 5.05. The minimum Gasteiger partial charge on any atom is -0.353 e. The Hall–Kier alpha value is -0.830. The normalized spacial score (nSPS) is 13.1. The summed E-state index contributed by atoms with van der Waals surface area (Å²) in [5, 5.41) is 4.05. The molecular weight excluding hydrogens is 290 g/mol. The predicted octanol–water partition coefficient (Wildman–Crippen LogP) is 3.64. The van der Waals surface area contributed by atoms with Gasteiger partial charge in [0.1, 0.15) is 0 Å². The zero-order valence-corrected chi connectivity index (χ0v) is 13.0. The van der Waals surface area contributed by atoms with Crippen molar-refractivity contribution in [2.24, 2.45) is 0 Å². The van der Waals surface area contributed by atoms with Crippen LogP contribution in [0.4, 0.5) is 0 Å². The second kappa shape index (κ2) is 6.93. The summed E-state index contributed by atoms with van der Waals surface area (Å²) in [5.41, 5.74) is 0.567. The fourth-order valence-electron chi connectivity index (χ4n) is 1.86. The van der Waals surface area contributed by atoms with E-state index in [-0.39, 0.29) is 11.9 Å². The highest BCUT2D eigenvalue weighted by Gasteiger charge is 2.30. The van der Waals surface area contributed by atoms with Gasteiger partial charge in [0.15, 0.2) is 0 Å². The van der Waals surface area contributed by atoms with Gasteiger partial charge in [-0.25, -0.2) is 0 Å². The van der Waals surface area contributed by atoms with Gasteiger partial charge in [-0.1, -0.05) is 53.2 Å². The molecule has 0 radical (unpaired) electrons. The van der Waals surface area contributed by atoms with Crippen LogP contribution in [-0.4, -0.2) is 17.3 Å². The number of benzene rings is 1. The number of rotatable bonds is 6. The highest BCUT2D eigenvalue weighted by molar-refractivity contribution is 9.09. The fraction of sp³-hybridized carbons (Fsp3) is 0.533. The van der Waals surface area contributed by atoms with Gasteiger partial charge >= 0.3 is 0 Å². The average Bonchev–Trinajstić information content (AvgIpc) is 2.39. The van der Waals surface area contributed by atoms with Gasteiger partial charge in [0, 0.05) is 11.4 Å². The zero-order valence-electron chi connectivity index (χ0n) is 11.4. The molecule has 0 aliphatic carbocycles. The largest absolute Gasteiger partial charge is 0.353 e. The van der Waals surface area contributed by atoms with Crippen molar-refractivity contribution in [2.45, 2.75) is 45.1 Å². The van der Waals surface area contributed by atoms with Crippen molar-refractivity contribution in [3.8, 4) is 0 Å². The molecule has 3 heteroatoms. The highest BCUT2D eigenvalue weighted by Crippen LogP contribution is 2.23. The van der Waals surface area contributed by atoms with Gasteiger partial charge in [0.25, 0.3) is 0 Å². The maximum absolute atomic E-state index is 12.4. The van der Waals surface area contributed by atoms with E-state index in [9.17, 15) is 4.79 Å². The first-order chi connectivity index (χ1) is 8.52. The molecule has 1 rings (SSSR count). The first-order valence-electron chi connectivity index (χ1n) is 6.44. The molecule has 1 atom stereocenters. The minimum atomic E-state index is -0.485. The zero-order chi connectivity index (χ0) is 13.6. The molecule has 0 aliphatic rings. The molecule has 1 amide bonds. The Kier molecular flexibility index (Phi) is 5.86. The van der Waals surface area contributed by atoms with Crippen LogP contribution in [0.3, 0.4) is 0 Å². The van der Waals surface area contributed by atoms with Crippen molar-refractivity contribution < 1.29 is 4.79 Å². The van der Waals surface area contributed by atoms with Crippen molar-refractivity contribution in [3.05, 3.63) is 35.9 Å². The molecule has 0 bridgehead atoms. The minimum absolute atomic E-state index is 0.0986. The maximum atomic E-state index is 12.4. The molecule has 100 valence electrons. The molecule has 0 fully saturated rings. The lowest BCUT2D eigenvalue weighted by molar-refractivity contribution is -0.126. The van der Waals surface area contributed by atoms with E-state index in [0.29, 0.717) is 0 Å². The number of hydrogen-bond donors (Lipinski definition) is 1. The summed E-state index contributed by atoms with van der Waals surface area (Å²) < 4.78 is 0. The molecule has 1 aromatic carbocycles. The Balaban J connectivity index is 2.76. The molecule has 0 spiro atoms. The van der Waals surface area contributed by atoms with Gasteiger partial charge in [0.2, 0.25) is 5.91 Å². The van der Waals surface area contributed by atoms with Gasteiger partial charge in [-0.2, -0.15) is 0 Å². The van der Waals surface area contributed by atoms with Crippen molar-refractivity contribution in [2.75, 3.05) is 5.33 Å². The van der Waals surface area contributed by atoms with Gasteiger partial charge in [0.05, 0.1) is 5.41 Å². The van der Waals surface area contributed by atoms with Crippen LogP contribution < -0.4 is 5.32 Å². The molecule has 2 nitrogen and oxygen atoms in total. The Morgan fingerprint density at radius 3 is 2.44 bits per heavy atom. The summed E-state index contributed by atoms with van der Waals surface area (Å²) in [5.74, 6) is 0.0986. The number of carbonyl (C=O) groups excluding carboxylic acids is 1. The van der Waals surface area contributed by atoms with Gasteiger partial charge in [-0.05, 0) is 32.3 Å². The predicted molar refractivity (Wildman–Crippen MR) is 80.1 cm³/mol. The van der Waals surface area contributed by atoms with E-state index in [0.717, 1.165) is 23.7 Å². The Bertz CT molecular complexity index is 375. The summed E-state index contributed by atoms with van der Waals surface area (Å²) in [4.78, 5) is 12.4. The first-order valence-corrected chi connectivity index (χ1v) is 7.57. The number of alkyl halides is 1. The van der Waals surface area contributed by atoms with Gasteiger partial charge in [-0.3, -0.25) is 4.79 Å². The van der Waals surface area contributed by atoms with Crippen molar-refractivity contribution in [1.29, 1.82) is 0 Å². The highest BCUT2D eigenvalue weighted by atomic mass is 79.9. The van der Waals surface area contributed by atoms with E-state index >= 15 is 0 Å². The van der Waals surface area contributed by atoms with E-state index in [1.807, 2.05) is 44.2 Å². The van der Waals surface area contributed by atoms with Crippen LogP contribution in [0.25, 0.3) is 0 Å². The third-order valence-corrected chi connectivity index (χ3v) is 3.81. The van der Waals surface area contributed by atoms with E-state index in [1.165, 1.54) is 0 Å². The molecule has 1 N–H and O–H groups in total. The molecular formula is C15H22BrNO. The fourth-order valence-corrected chi connectivity index (χ4v) is 2.41. The van der Waals surface area contributed by atoms with Crippen molar-refractivity contribution in [3.63, 3.8) is 0 Å². The molecule has 0 saturated heterocycles. The molecule has 1 aromatic rings. The van der Waals surface area contributed by atoms with Crippen LogP contribution in [0.1, 0.15) is 39.2 Å². The molecule has 1 unspecified atom stereocenters. The summed E-state index contributed by atoms with van der Waals surface area (Å²) in [6.45, 7) is 6.04. The van der Waals surface area contributed by atoms with Crippen LogP contribution in [0.5, 0.6) is 0 Å². The molecule has 0 heterocycles. The third kappa shape index (κ3) is 3.84. The number of hydrogen-bond acceptors (Lipinski definition) is 1. The topological polar surface area (TPSA) is 29.1 Å². The van der Waals surface area contributed by atoms with E-state index in [1.54, 1.807) is 0 Å². The quantitative estimate of drug-likeness (QED) is 0.798. The second-order valence-corrected chi connectivity index (χ2v) is 5.84. The summed E-state index contributed by atoms with van der Waals surface area (Å²) in [6.07, 6.45) is 1.93. The standard InChI is InChI=1S/C15H22BrNO/c1-4-13(10-11-16)17-14(18)15(2,3)12-8-6-5-7-9-12/h5-9,13H,4,10-11H2,1-3H3,(H,17,18). The summed E-state index contributed by atoms with van der Waals surface area (Å²) >= 11 is 3.42. The number of amides is 1. The Morgan fingerprint density at radius 2 is 1.94 bits per heavy atom. The van der Waals surface area contributed by atoms with Crippen LogP contribution >= 0.6 is 15.9 Å². The third-order valence-electron chi connectivity index (χ3n) is 3.35.